The fraction of sp³-hybridized carbons (Fsp3) is 0.286. The quantitative estimate of drug-likeness (QED) is 0.793. The van der Waals surface area contributed by atoms with Crippen LogP contribution in [-0.4, -0.2) is 0 Å². The van der Waals surface area contributed by atoms with Crippen molar-refractivity contribution in [3.8, 4) is 0 Å². The number of benzene rings is 2. The third kappa shape index (κ3) is 1.51. The van der Waals surface area contributed by atoms with Gasteiger partial charge in [0, 0.05) is 10.6 Å². The summed E-state index contributed by atoms with van der Waals surface area (Å²) in [6.07, 6.45) is 3.45. The molecule has 82 valence electrons. The monoisotopic (exact) mass is 231 g/mol. The van der Waals surface area contributed by atoms with Crippen LogP contribution in [0.5, 0.6) is 0 Å². The first-order chi connectivity index (χ1) is 7.67. The molecular formula is C14H14ClN. The molecule has 1 nitrogen and oxygen atoms in total. The Bertz CT molecular complexity index is 543. The standard InChI is InChI=1S/C14H14ClN/c15-13-5-3-10-8-12(4-2-11(10)9-13)14(16)6-1-7-14/h2-5,8-9H,1,6-7,16H2. The van der Waals surface area contributed by atoms with Crippen LogP contribution in [0.2, 0.25) is 5.02 Å². The SMILES string of the molecule is NC1(c2ccc3cc(Cl)ccc3c2)CCC1. The molecule has 0 amide bonds. The number of rotatable bonds is 1. The highest BCUT2D eigenvalue weighted by Crippen LogP contribution is 2.39. The normalized spacial score (nSPS) is 18.4. The molecule has 0 atom stereocenters. The Kier molecular flexibility index (Phi) is 2.20. The van der Waals surface area contributed by atoms with Gasteiger partial charge in [-0.05, 0) is 53.8 Å². The van der Waals surface area contributed by atoms with Crippen LogP contribution in [0.1, 0.15) is 24.8 Å². The van der Waals surface area contributed by atoms with Gasteiger partial charge in [0.05, 0.1) is 0 Å². The predicted molar refractivity (Wildman–Crippen MR) is 68.7 cm³/mol. The van der Waals surface area contributed by atoms with E-state index in [1.807, 2.05) is 12.1 Å². The summed E-state index contributed by atoms with van der Waals surface area (Å²) in [5.74, 6) is 0. The first-order valence-corrected chi connectivity index (χ1v) is 6.04. The average Bonchev–Trinajstić information content (AvgIpc) is 2.25. The molecule has 0 spiro atoms. The van der Waals surface area contributed by atoms with Gasteiger partial charge >= 0.3 is 0 Å². The lowest BCUT2D eigenvalue weighted by Crippen LogP contribution is -2.43. The molecular weight excluding hydrogens is 218 g/mol. The van der Waals surface area contributed by atoms with E-state index in [9.17, 15) is 0 Å². The molecule has 3 rings (SSSR count). The van der Waals surface area contributed by atoms with E-state index >= 15 is 0 Å². The second-order valence-electron chi connectivity index (χ2n) is 4.72. The van der Waals surface area contributed by atoms with Crippen molar-refractivity contribution >= 4 is 22.4 Å². The molecule has 0 heterocycles. The molecule has 2 aromatic rings. The first-order valence-electron chi connectivity index (χ1n) is 5.66. The van der Waals surface area contributed by atoms with Gasteiger partial charge in [0.25, 0.3) is 0 Å². The van der Waals surface area contributed by atoms with Crippen LogP contribution in [0, 0.1) is 0 Å². The molecule has 1 fully saturated rings. The minimum absolute atomic E-state index is 0.0756. The average molecular weight is 232 g/mol. The third-order valence-electron chi connectivity index (χ3n) is 3.62. The van der Waals surface area contributed by atoms with Crippen LogP contribution in [0.25, 0.3) is 10.8 Å². The van der Waals surface area contributed by atoms with Crippen molar-refractivity contribution in [3.05, 3.63) is 47.0 Å². The number of hydrogen-bond donors (Lipinski definition) is 1. The molecule has 1 aliphatic carbocycles. The van der Waals surface area contributed by atoms with E-state index < -0.39 is 0 Å². The molecule has 0 unspecified atom stereocenters. The van der Waals surface area contributed by atoms with Gasteiger partial charge < -0.3 is 5.73 Å². The Hall–Kier alpha value is -1.05. The summed E-state index contributed by atoms with van der Waals surface area (Å²) in [5, 5.41) is 3.18. The summed E-state index contributed by atoms with van der Waals surface area (Å²) in [6.45, 7) is 0. The fourth-order valence-electron chi connectivity index (χ4n) is 2.37. The second-order valence-corrected chi connectivity index (χ2v) is 5.15. The Morgan fingerprint density at radius 2 is 1.69 bits per heavy atom. The van der Waals surface area contributed by atoms with Crippen molar-refractivity contribution < 1.29 is 0 Å². The van der Waals surface area contributed by atoms with Gasteiger partial charge in [-0.15, -0.1) is 0 Å². The summed E-state index contributed by atoms with van der Waals surface area (Å²) >= 11 is 5.96. The maximum absolute atomic E-state index is 6.32. The zero-order chi connectivity index (χ0) is 11.2. The molecule has 0 radical (unpaired) electrons. The van der Waals surface area contributed by atoms with Gasteiger partial charge in [-0.3, -0.25) is 0 Å². The molecule has 0 saturated heterocycles. The van der Waals surface area contributed by atoms with E-state index in [2.05, 4.69) is 24.3 Å². The molecule has 0 bridgehead atoms. The topological polar surface area (TPSA) is 26.0 Å². The van der Waals surface area contributed by atoms with E-state index in [0.29, 0.717) is 0 Å². The van der Waals surface area contributed by atoms with Crippen molar-refractivity contribution in [3.63, 3.8) is 0 Å². The van der Waals surface area contributed by atoms with Gasteiger partial charge in [0.15, 0.2) is 0 Å². The number of hydrogen-bond acceptors (Lipinski definition) is 1. The highest BCUT2D eigenvalue weighted by atomic mass is 35.5. The van der Waals surface area contributed by atoms with Crippen LogP contribution in [-0.2, 0) is 5.54 Å². The van der Waals surface area contributed by atoms with Crippen molar-refractivity contribution in [2.24, 2.45) is 5.73 Å². The van der Waals surface area contributed by atoms with E-state index in [1.54, 1.807) is 0 Å². The summed E-state index contributed by atoms with van der Waals surface area (Å²) in [6, 6.07) is 12.4. The summed E-state index contributed by atoms with van der Waals surface area (Å²) < 4.78 is 0. The molecule has 1 aliphatic rings. The third-order valence-corrected chi connectivity index (χ3v) is 3.86. The molecule has 16 heavy (non-hydrogen) atoms. The summed E-state index contributed by atoms with van der Waals surface area (Å²) in [5.41, 5.74) is 7.50. The molecule has 0 aliphatic heterocycles. The second kappa shape index (κ2) is 3.47. The van der Waals surface area contributed by atoms with E-state index in [1.165, 1.54) is 22.8 Å². The molecule has 1 saturated carbocycles. The van der Waals surface area contributed by atoms with Gasteiger partial charge in [0.2, 0.25) is 0 Å². The zero-order valence-electron chi connectivity index (χ0n) is 9.04. The maximum Gasteiger partial charge on any atom is 0.0412 e. The minimum Gasteiger partial charge on any atom is -0.321 e. The fourth-order valence-corrected chi connectivity index (χ4v) is 2.55. The van der Waals surface area contributed by atoms with Crippen LogP contribution >= 0.6 is 11.6 Å². The highest BCUT2D eigenvalue weighted by Gasteiger charge is 2.34. The predicted octanol–water partition coefficient (Wildman–Crippen LogP) is 3.83. The largest absolute Gasteiger partial charge is 0.321 e. The maximum atomic E-state index is 6.32. The summed E-state index contributed by atoms with van der Waals surface area (Å²) in [4.78, 5) is 0. The highest BCUT2D eigenvalue weighted by molar-refractivity contribution is 6.31. The van der Waals surface area contributed by atoms with Crippen molar-refractivity contribution in [1.82, 2.24) is 0 Å². The molecule has 2 N–H and O–H groups in total. The lowest BCUT2D eigenvalue weighted by atomic mass is 9.72. The van der Waals surface area contributed by atoms with Crippen LogP contribution in [0.15, 0.2) is 36.4 Å². The molecule has 2 heteroatoms. The Morgan fingerprint density at radius 3 is 2.38 bits per heavy atom. The lowest BCUT2D eigenvalue weighted by molar-refractivity contribution is 0.254. The van der Waals surface area contributed by atoms with Crippen LogP contribution < -0.4 is 5.73 Å². The van der Waals surface area contributed by atoms with Crippen molar-refractivity contribution in [2.75, 3.05) is 0 Å². The minimum atomic E-state index is -0.0756. The van der Waals surface area contributed by atoms with Gasteiger partial charge in [0.1, 0.15) is 0 Å². The van der Waals surface area contributed by atoms with Crippen LogP contribution in [0.4, 0.5) is 0 Å². The Balaban J connectivity index is 2.12. The van der Waals surface area contributed by atoms with Crippen molar-refractivity contribution in [2.45, 2.75) is 24.8 Å². The zero-order valence-corrected chi connectivity index (χ0v) is 9.80. The van der Waals surface area contributed by atoms with Gasteiger partial charge in [-0.2, -0.15) is 0 Å². The Labute approximate surface area is 100 Å². The number of nitrogens with two attached hydrogens (primary N) is 1. The number of fused-ring (bicyclic) bond motifs is 1. The molecule has 0 aromatic heterocycles. The molecule has 2 aromatic carbocycles. The van der Waals surface area contributed by atoms with E-state index in [0.717, 1.165) is 17.9 Å². The van der Waals surface area contributed by atoms with Gasteiger partial charge in [-0.1, -0.05) is 29.8 Å². The Morgan fingerprint density at radius 1 is 1.00 bits per heavy atom. The lowest BCUT2D eigenvalue weighted by Gasteiger charge is -2.38. The first kappa shape index (κ1) is 10.1. The van der Waals surface area contributed by atoms with Crippen molar-refractivity contribution in [1.29, 1.82) is 0 Å². The van der Waals surface area contributed by atoms with E-state index in [-0.39, 0.29) is 5.54 Å². The number of halogens is 1. The summed E-state index contributed by atoms with van der Waals surface area (Å²) in [7, 11) is 0. The van der Waals surface area contributed by atoms with Crippen LogP contribution in [0.3, 0.4) is 0 Å². The smallest absolute Gasteiger partial charge is 0.0412 e. The van der Waals surface area contributed by atoms with Gasteiger partial charge in [-0.25, -0.2) is 0 Å². The van der Waals surface area contributed by atoms with E-state index in [4.69, 9.17) is 17.3 Å².